The second-order valence-electron chi connectivity index (χ2n) is 6.68. The fourth-order valence-electron chi connectivity index (χ4n) is 3.31. The van der Waals surface area contributed by atoms with Gasteiger partial charge in [-0.2, -0.15) is 0 Å². The van der Waals surface area contributed by atoms with Crippen molar-refractivity contribution in [2.24, 2.45) is 7.05 Å². The summed E-state index contributed by atoms with van der Waals surface area (Å²) in [6.45, 7) is 1.10. The lowest BCUT2D eigenvalue weighted by Crippen LogP contribution is -2.37. The van der Waals surface area contributed by atoms with Crippen LogP contribution in [0.4, 0.5) is 0 Å². The van der Waals surface area contributed by atoms with Crippen LogP contribution in [0.25, 0.3) is 10.2 Å². The van der Waals surface area contributed by atoms with Gasteiger partial charge >= 0.3 is 5.97 Å². The van der Waals surface area contributed by atoms with Gasteiger partial charge in [-0.3, -0.25) is 9.78 Å². The molecule has 1 saturated heterocycles. The molecule has 7 nitrogen and oxygen atoms in total. The maximum atomic E-state index is 12.8. The number of aromatic nitrogens is 2. The van der Waals surface area contributed by atoms with Gasteiger partial charge < -0.3 is 19.4 Å². The van der Waals surface area contributed by atoms with Gasteiger partial charge in [-0.1, -0.05) is 6.07 Å². The predicted octanol–water partition coefficient (Wildman–Crippen LogP) is 2.83. The van der Waals surface area contributed by atoms with Gasteiger partial charge in [-0.15, -0.1) is 11.3 Å². The fourth-order valence-corrected chi connectivity index (χ4v) is 4.15. The van der Waals surface area contributed by atoms with Crippen LogP contribution in [-0.4, -0.2) is 40.7 Å². The quantitative estimate of drug-likeness (QED) is 0.645. The molecule has 0 spiro atoms. The molecule has 2 unspecified atom stereocenters. The number of esters is 1. The van der Waals surface area contributed by atoms with E-state index in [0.717, 1.165) is 23.1 Å². The molecular weight excluding hydrogens is 378 g/mol. The summed E-state index contributed by atoms with van der Waals surface area (Å²) in [6.07, 6.45) is 2.35. The number of nitrogens with one attached hydrogen (secondary N) is 1. The molecule has 1 amide bonds. The number of carbonyl (C=O) groups excluding carboxylic acids is 2. The zero-order chi connectivity index (χ0) is 19.5. The molecule has 1 aliphatic heterocycles. The number of hydrogen-bond donors (Lipinski definition) is 1. The molecule has 1 aliphatic rings. The summed E-state index contributed by atoms with van der Waals surface area (Å²) in [6, 6.07) is 8.91. The molecule has 1 fully saturated rings. The summed E-state index contributed by atoms with van der Waals surface area (Å²) in [5.74, 6) is -0.965. The van der Waals surface area contributed by atoms with E-state index < -0.39 is 18.0 Å². The van der Waals surface area contributed by atoms with Gasteiger partial charge in [0.05, 0.1) is 22.0 Å². The molecule has 28 heavy (non-hydrogen) atoms. The van der Waals surface area contributed by atoms with E-state index >= 15 is 0 Å². The van der Waals surface area contributed by atoms with E-state index in [0.29, 0.717) is 24.5 Å². The zero-order valence-electron chi connectivity index (χ0n) is 15.5. The summed E-state index contributed by atoms with van der Waals surface area (Å²) in [5.41, 5.74) is 1.74. The highest BCUT2D eigenvalue weighted by Gasteiger charge is 2.29. The minimum absolute atomic E-state index is 0.00342. The first-order valence-corrected chi connectivity index (χ1v) is 10.1. The van der Waals surface area contributed by atoms with Crippen molar-refractivity contribution in [3.05, 3.63) is 53.3 Å². The molecule has 0 aliphatic carbocycles. The van der Waals surface area contributed by atoms with E-state index in [2.05, 4.69) is 10.3 Å². The minimum atomic E-state index is -1.12. The molecule has 0 saturated carbocycles. The Morgan fingerprint density at radius 2 is 2.32 bits per heavy atom. The third-order valence-corrected chi connectivity index (χ3v) is 5.67. The van der Waals surface area contributed by atoms with Crippen molar-refractivity contribution in [1.29, 1.82) is 0 Å². The first-order chi connectivity index (χ1) is 13.6. The Morgan fingerprint density at radius 1 is 1.43 bits per heavy atom. The Labute approximate surface area is 166 Å². The summed E-state index contributed by atoms with van der Waals surface area (Å²) in [5, 5.41) is 4.80. The van der Waals surface area contributed by atoms with Gasteiger partial charge in [0.15, 0.2) is 0 Å². The Morgan fingerprint density at radius 3 is 3.04 bits per heavy atom. The third kappa shape index (κ3) is 3.79. The topological polar surface area (TPSA) is 82.5 Å². The van der Waals surface area contributed by atoms with Crippen LogP contribution in [0, 0.1) is 0 Å². The van der Waals surface area contributed by atoms with Crippen molar-refractivity contribution < 1.29 is 19.1 Å². The first kappa shape index (κ1) is 18.6. The number of aryl methyl sites for hydroxylation is 1. The van der Waals surface area contributed by atoms with Crippen LogP contribution in [0.2, 0.25) is 0 Å². The molecule has 3 aromatic heterocycles. The molecule has 0 aromatic carbocycles. The molecule has 146 valence electrons. The van der Waals surface area contributed by atoms with Crippen LogP contribution in [0.1, 0.15) is 35.1 Å². The van der Waals surface area contributed by atoms with Crippen LogP contribution in [0.15, 0.2) is 41.9 Å². The minimum Gasteiger partial charge on any atom is -0.441 e. The highest BCUT2D eigenvalue weighted by atomic mass is 32.1. The van der Waals surface area contributed by atoms with Crippen molar-refractivity contribution in [3.63, 3.8) is 0 Å². The average Bonchev–Trinajstić information content (AvgIpc) is 3.44. The number of rotatable bonds is 6. The molecule has 4 rings (SSSR count). The number of pyridine rings is 1. The number of thiophene rings is 1. The van der Waals surface area contributed by atoms with Crippen molar-refractivity contribution in [1.82, 2.24) is 14.9 Å². The fraction of sp³-hybridized carbons (Fsp3) is 0.350. The van der Waals surface area contributed by atoms with E-state index in [1.807, 2.05) is 11.4 Å². The maximum Gasteiger partial charge on any atom is 0.356 e. The first-order valence-electron chi connectivity index (χ1n) is 9.17. The molecule has 4 heterocycles. The molecule has 1 N–H and O–H groups in total. The maximum absolute atomic E-state index is 12.8. The smallest absolute Gasteiger partial charge is 0.356 e. The summed E-state index contributed by atoms with van der Waals surface area (Å²) < 4.78 is 13.9. The van der Waals surface area contributed by atoms with E-state index in [1.54, 1.807) is 53.4 Å². The predicted molar refractivity (Wildman–Crippen MR) is 105 cm³/mol. The van der Waals surface area contributed by atoms with Gasteiger partial charge in [0, 0.05) is 26.4 Å². The molecule has 2 atom stereocenters. The molecular formula is C20H21N3O4S. The summed E-state index contributed by atoms with van der Waals surface area (Å²) >= 11 is 1.55. The van der Waals surface area contributed by atoms with E-state index in [9.17, 15) is 9.59 Å². The Hall–Kier alpha value is -2.71. The molecule has 0 radical (unpaired) electrons. The number of fused-ring (bicyclic) bond motifs is 1. The van der Waals surface area contributed by atoms with E-state index in [4.69, 9.17) is 9.47 Å². The van der Waals surface area contributed by atoms with Gasteiger partial charge in [-0.25, -0.2) is 4.79 Å². The number of ether oxygens (including phenoxy) is 2. The SMILES string of the molecule is Cn1c(C(=O)OC(C(=O)NCC2CCCO2)c2ccccn2)cc2sccc21. The second kappa shape index (κ2) is 8.12. The van der Waals surface area contributed by atoms with Gasteiger partial charge in [0.25, 0.3) is 5.91 Å². The Bertz CT molecular complexity index is 976. The number of nitrogens with zero attached hydrogens (tertiary/aromatic N) is 2. The van der Waals surface area contributed by atoms with Crippen LogP contribution < -0.4 is 5.32 Å². The number of hydrogen-bond acceptors (Lipinski definition) is 6. The number of carbonyl (C=O) groups is 2. The van der Waals surface area contributed by atoms with Crippen LogP contribution in [0.5, 0.6) is 0 Å². The zero-order valence-corrected chi connectivity index (χ0v) is 16.3. The average molecular weight is 399 g/mol. The highest BCUT2D eigenvalue weighted by Crippen LogP contribution is 2.26. The lowest BCUT2D eigenvalue weighted by atomic mass is 10.2. The van der Waals surface area contributed by atoms with Crippen molar-refractivity contribution in [2.45, 2.75) is 25.0 Å². The van der Waals surface area contributed by atoms with Crippen LogP contribution in [-0.2, 0) is 21.3 Å². The Kier molecular flexibility index (Phi) is 5.40. The number of amides is 1. The molecule has 8 heteroatoms. The standard InChI is InChI=1S/C20H21N3O4S/c1-23-15-7-10-28-17(15)11-16(23)20(25)27-18(14-6-2-3-8-21-14)19(24)22-12-13-5-4-9-26-13/h2-3,6-8,10-11,13,18H,4-5,9,12H2,1H3,(H,22,24). The second-order valence-corrected chi connectivity index (χ2v) is 7.63. The highest BCUT2D eigenvalue weighted by molar-refractivity contribution is 7.17. The molecule has 0 bridgehead atoms. The lowest BCUT2D eigenvalue weighted by Gasteiger charge is -2.18. The van der Waals surface area contributed by atoms with Gasteiger partial charge in [-0.05, 0) is 42.5 Å². The van der Waals surface area contributed by atoms with E-state index in [1.165, 1.54) is 0 Å². The van der Waals surface area contributed by atoms with Crippen molar-refractivity contribution >= 4 is 33.4 Å². The summed E-state index contributed by atoms with van der Waals surface area (Å²) in [7, 11) is 1.80. The van der Waals surface area contributed by atoms with Crippen molar-refractivity contribution in [3.8, 4) is 0 Å². The Balaban J connectivity index is 1.52. The molecule has 3 aromatic rings. The van der Waals surface area contributed by atoms with Gasteiger partial charge in [0.1, 0.15) is 5.69 Å². The largest absolute Gasteiger partial charge is 0.441 e. The summed E-state index contributed by atoms with van der Waals surface area (Å²) in [4.78, 5) is 29.8. The van der Waals surface area contributed by atoms with Crippen LogP contribution >= 0.6 is 11.3 Å². The monoisotopic (exact) mass is 399 g/mol. The van der Waals surface area contributed by atoms with Gasteiger partial charge in [0.2, 0.25) is 6.10 Å². The van der Waals surface area contributed by atoms with E-state index in [-0.39, 0.29) is 6.10 Å². The third-order valence-electron chi connectivity index (χ3n) is 4.82. The van der Waals surface area contributed by atoms with Crippen molar-refractivity contribution in [2.75, 3.05) is 13.2 Å². The lowest BCUT2D eigenvalue weighted by molar-refractivity contribution is -0.131. The normalized spacial score (nSPS) is 17.5. The van der Waals surface area contributed by atoms with Crippen LogP contribution in [0.3, 0.4) is 0 Å².